The van der Waals surface area contributed by atoms with Gasteiger partial charge >= 0.3 is 5.97 Å². The Bertz CT molecular complexity index is 1860. The van der Waals surface area contributed by atoms with Crippen LogP contribution >= 0.6 is 11.3 Å². The third-order valence-electron chi connectivity index (χ3n) is 6.52. The highest BCUT2D eigenvalue weighted by Crippen LogP contribution is 2.33. The second-order valence-electron chi connectivity index (χ2n) is 9.04. The number of nitrogens with zero attached hydrogens (tertiary/aromatic N) is 3. The number of non-ortho nitro benzene ring substituents is 1. The second-order valence-corrected chi connectivity index (χ2v) is 10.0. The van der Waals surface area contributed by atoms with Gasteiger partial charge < -0.3 is 13.9 Å². The Balaban J connectivity index is 1.64. The van der Waals surface area contributed by atoms with Crippen molar-refractivity contribution in [1.82, 2.24) is 4.57 Å². The molecule has 0 fully saturated rings. The fourth-order valence-electron chi connectivity index (χ4n) is 4.61. The molecule has 0 amide bonds. The first-order chi connectivity index (χ1) is 19.2. The molecule has 3 heterocycles. The number of hydrogen-bond donors (Lipinski definition) is 0. The van der Waals surface area contributed by atoms with Crippen molar-refractivity contribution in [2.24, 2.45) is 4.99 Å². The number of benzene rings is 2. The molecule has 1 aliphatic rings. The normalized spacial score (nSPS) is 15.0. The standard InChI is InChI=1S/C29H25N3O7S/c1-5-38-28(34)25-17(3)30-29-31(26(25)18-7-6-8-20(13-18)37-4)27(33)24(40-29)15-21-11-12-23(39-21)22-14-19(32(35)36)10-9-16(22)2/h6-15,26H,5H2,1-4H3/b24-15-. The van der Waals surface area contributed by atoms with Gasteiger partial charge in [-0.2, -0.15) is 0 Å². The Morgan fingerprint density at radius 1 is 1.20 bits per heavy atom. The summed E-state index contributed by atoms with van der Waals surface area (Å²) < 4.78 is 18.5. The van der Waals surface area contributed by atoms with Crippen LogP contribution in [0.15, 0.2) is 80.1 Å². The van der Waals surface area contributed by atoms with Crippen LogP contribution in [0.1, 0.15) is 36.8 Å². The van der Waals surface area contributed by atoms with Crippen molar-refractivity contribution in [2.45, 2.75) is 26.8 Å². The predicted octanol–water partition coefficient (Wildman–Crippen LogP) is 4.28. The molecule has 11 heteroatoms. The largest absolute Gasteiger partial charge is 0.497 e. The van der Waals surface area contributed by atoms with Gasteiger partial charge in [0.15, 0.2) is 4.80 Å². The summed E-state index contributed by atoms with van der Waals surface area (Å²) in [7, 11) is 1.55. The van der Waals surface area contributed by atoms with Gasteiger partial charge in [-0.1, -0.05) is 29.5 Å². The number of hydrogen-bond acceptors (Lipinski definition) is 9. The molecule has 1 unspecified atom stereocenters. The Morgan fingerprint density at radius 2 is 2.00 bits per heavy atom. The molecule has 2 aromatic carbocycles. The molecule has 0 bridgehead atoms. The molecule has 0 aliphatic carbocycles. The van der Waals surface area contributed by atoms with E-state index in [1.807, 2.05) is 13.0 Å². The number of carbonyl (C=O) groups is 1. The monoisotopic (exact) mass is 559 g/mol. The number of nitro benzene ring substituents is 1. The molecule has 204 valence electrons. The lowest BCUT2D eigenvalue weighted by molar-refractivity contribution is -0.384. The fraction of sp³-hybridized carbons (Fsp3) is 0.207. The van der Waals surface area contributed by atoms with Gasteiger partial charge in [0.1, 0.15) is 17.3 Å². The Hall–Kier alpha value is -4.77. The minimum atomic E-state index is -0.771. The van der Waals surface area contributed by atoms with Crippen LogP contribution in [0.4, 0.5) is 5.69 Å². The molecule has 4 aromatic rings. The molecule has 1 aliphatic heterocycles. The number of rotatable bonds is 7. The first-order valence-electron chi connectivity index (χ1n) is 12.4. The first kappa shape index (κ1) is 26.8. The molecule has 5 rings (SSSR count). The summed E-state index contributed by atoms with van der Waals surface area (Å²) in [6.45, 7) is 5.45. The second kappa shape index (κ2) is 10.8. The molecule has 0 saturated carbocycles. The number of allylic oxidation sites excluding steroid dienone is 1. The van der Waals surface area contributed by atoms with E-state index in [1.54, 1.807) is 63.4 Å². The van der Waals surface area contributed by atoms with E-state index < -0.39 is 16.9 Å². The molecule has 0 spiro atoms. The number of methoxy groups -OCH3 is 1. The number of esters is 1. The van der Waals surface area contributed by atoms with E-state index in [2.05, 4.69) is 4.99 Å². The van der Waals surface area contributed by atoms with Gasteiger partial charge in [0, 0.05) is 23.8 Å². The van der Waals surface area contributed by atoms with Crippen LogP contribution < -0.4 is 19.6 Å². The van der Waals surface area contributed by atoms with Crippen molar-refractivity contribution < 1.29 is 23.6 Å². The maximum absolute atomic E-state index is 13.8. The zero-order chi connectivity index (χ0) is 28.6. The van der Waals surface area contributed by atoms with Crippen molar-refractivity contribution in [3.8, 4) is 17.1 Å². The van der Waals surface area contributed by atoms with Gasteiger partial charge in [-0.25, -0.2) is 9.79 Å². The average molecular weight is 560 g/mol. The number of fused-ring (bicyclic) bond motifs is 1. The van der Waals surface area contributed by atoms with Gasteiger partial charge in [-0.15, -0.1) is 0 Å². The molecule has 0 saturated heterocycles. The lowest BCUT2D eigenvalue weighted by Crippen LogP contribution is -2.39. The molecule has 0 radical (unpaired) electrons. The quantitative estimate of drug-likeness (QED) is 0.188. The molecule has 10 nitrogen and oxygen atoms in total. The summed E-state index contributed by atoms with van der Waals surface area (Å²) in [5.41, 5.74) is 2.41. The number of nitro groups is 1. The van der Waals surface area contributed by atoms with Crippen LogP contribution in [-0.4, -0.2) is 29.2 Å². The fourth-order valence-corrected chi connectivity index (χ4v) is 5.64. The van der Waals surface area contributed by atoms with Crippen molar-refractivity contribution in [2.75, 3.05) is 13.7 Å². The molecule has 1 atom stereocenters. The predicted molar refractivity (Wildman–Crippen MR) is 149 cm³/mol. The average Bonchev–Trinajstić information content (AvgIpc) is 3.52. The van der Waals surface area contributed by atoms with E-state index in [1.165, 1.54) is 28.0 Å². The Kier molecular flexibility index (Phi) is 7.22. The Labute approximate surface area is 232 Å². The van der Waals surface area contributed by atoms with Crippen molar-refractivity contribution in [3.05, 3.63) is 113 Å². The van der Waals surface area contributed by atoms with Gasteiger partial charge in [0.25, 0.3) is 11.2 Å². The highest BCUT2D eigenvalue weighted by molar-refractivity contribution is 7.07. The van der Waals surface area contributed by atoms with Gasteiger partial charge in [-0.3, -0.25) is 19.5 Å². The number of carbonyl (C=O) groups excluding carboxylic acids is 1. The van der Waals surface area contributed by atoms with Crippen LogP contribution in [0.25, 0.3) is 17.4 Å². The minimum absolute atomic E-state index is 0.0443. The van der Waals surface area contributed by atoms with E-state index in [0.29, 0.717) is 43.4 Å². The number of aryl methyl sites for hydroxylation is 1. The molecule has 0 N–H and O–H groups in total. The lowest BCUT2D eigenvalue weighted by Gasteiger charge is -2.24. The topological polar surface area (TPSA) is 126 Å². The molecule has 40 heavy (non-hydrogen) atoms. The third kappa shape index (κ3) is 4.87. The van der Waals surface area contributed by atoms with Crippen molar-refractivity contribution in [3.63, 3.8) is 0 Å². The SMILES string of the molecule is CCOC(=O)C1=C(C)N=c2s/c(=C\c3ccc(-c4cc([N+](=O)[O-])ccc4C)o3)c(=O)n2C1c1cccc(OC)c1. The molecular formula is C29H25N3O7S. The summed E-state index contributed by atoms with van der Waals surface area (Å²) >= 11 is 1.17. The first-order valence-corrected chi connectivity index (χ1v) is 13.2. The summed E-state index contributed by atoms with van der Waals surface area (Å²) in [4.78, 5) is 42.6. The van der Waals surface area contributed by atoms with E-state index in [4.69, 9.17) is 13.9 Å². The lowest BCUT2D eigenvalue weighted by atomic mass is 9.95. The van der Waals surface area contributed by atoms with E-state index in [0.717, 1.165) is 5.56 Å². The van der Waals surface area contributed by atoms with Gasteiger partial charge in [0.2, 0.25) is 0 Å². The molecular weight excluding hydrogens is 534 g/mol. The van der Waals surface area contributed by atoms with Crippen molar-refractivity contribution >= 4 is 29.1 Å². The summed E-state index contributed by atoms with van der Waals surface area (Å²) in [5, 5.41) is 11.3. The zero-order valence-corrected chi connectivity index (χ0v) is 23.0. The smallest absolute Gasteiger partial charge is 0.338 e. The maximum Gasteiger partial charge on any atom is 0.338 e. The van der Waals surface area contributed by atoms with Crippen LogP contribution in [0.2, 0.25) is 0 Å². The van der Waals surface area contributed by atoms with Crippen LogP contribution in [0.5, 0.6) is 5.75 Å². The third-order valence-corrected chi connectivity index (χ3v) is 7.51. The van der Waals surface area contributed by atoms with Crippen molar-refractivity contribution in [1.29, 1.82) is 0 Å². The summed E-state index contributed by atoms with van der Waals surface area (Å²) in [6, 6.07) is 14.4. The van der Waals surface area contributed by atoms with E-state index in [9.17, 15) is 19.7 Å². The maximum atomic E-state index is 13.8. The minimum Gasteiger partial charge on any atom is -0.497 e. The number of furan rings is 1. The number of aromatic nitrogens is 1. The molecule has 2 aromatic heterocycles. The highest BCUT2D eigenvalue weighted by Gasteiger charge is 2.33. The van der Waals surface area contributed by atoms with Crippen LogP contribution in [0, 0.1) is 17.0 Å². The highest BCUT2D eigenvalue weighted by atomic mass is 32.1. The summed E-state index contributed by atoms with van der Waals surface area (Å²) in [6.07, 6.45) is 1.60. The van der Waals surface area contributed by atoms with Gasteiger partial charge in [-0.05, 0) is 56.2 Å². The van der Waals surface area contributed by atoms with E-state index in [-0.39, 0.29) is 23.4 Å². The number of thiazole rings is 1. The zero-order valence-electron chi connectivity index (χ0n) is 22.2. The summed E-state index contributed by atoms with van der Waals surface area (Å²) in [5.74, 6) is 0.867. The van der Waals surface area contributed by atoms with Crippen LogP contribution in [-0.2, 0) is 9.53 Å². The van der Waals surface area contributed by atoms with Gasteiger partial charge in [0.05, 0.1) is 40.5 Å². The van der Waals surface area contributed by atoms with Crippen LogP contribution in [0.3, 0.4) is 0 Å². The Morgan fingerprint density at radius 3 is 2.73 bits per heavy atom. The number of ether oxygens (including phenoxy) is 2. The van der Waals surface area contributed by atoms with E-state index >= 15 is 0 Å².